The van der Waals surface area contributed by atoms with Gasteiger partial charge in [0.05, 0.1) is 37.3 Å². The van der Waals surface area contributed by atoms with Gasteiger partial charge in [-0.2, -0.15) is 5.10 Å². The van der Waals surface area contributed by atoms with Crippen LogP contribution >= 0.6 is 0 Å². The lowest BCUT2D eigenvalue weighted by Crippen LogP contribution is -2.13. The number of nitrogens with zero attached hydrogens (tertiary/aromatic N) is 5. The first kappa shape index (κ1) is 25.2. The third-order valence-corrected chi connectivity index (χ3v) is 5.32. The van der Waals surface area contributed by atoms with E-state index in [0.717, 1.165) is 0 Å². The molecule has 3 heterocycles. The number of halogens is 2. The molecule has 0 aliphatic rings. The molecule has 3 aromatic heterocycles. The van der Waals surface area contributed by atoms with Crippen LogP contribution in [0.1, 0.15) is 35.0 Å². The Balaban J connectivity index is 1.56. The second-order valence-electron chi connectivity index (χ2n) is 7.72. The average Bonchev–Trinajstić information content (AvgIpc) is 3.47. The summed E-state index contributed by atoms with van der Waals surface area (Å²) in [6, 6.07) is 4.93. The Bertz CT molecular complexity index is 1350. The van der Waals surface area contributed by atoms with Gasteiger partial charge in [0.15, 0.2) is 0 Å². The summed E-state index contributed by atoms with van der Waals surface area (Å²) in [5.74, 6) is 0.106. The molecule has 0 fully saturated rings. The normalized spacial score (nSPS) is 11.4. The van der Waals surface area contributed by atoms with Crippen LogP contribution in [0.15, 0.2) is 43.0 Å². The van der Waals surface area contributed by atoms with E-state index in [-0.39, 0.29) is 43.6 Å². The number of fused-ring (bicyclic) bond motifs is 1. The van der Waals surface area contributed by atoms with E-state index in [1.54, 1.807) is 35.8 Å². The van der Waals surface area contributed by atoms with E-state index >= 15 is 0 Å². The molecule has 0 bridgehead atoms. The van der Waals surface area contributed by atoms with Gasteiger partial charge in [0.2, 0.25) is 5.65 Å². The summed E-state index contributed by atoms with van der Waals surface area (Å²) in [5, 5.41) is 12.6. The monoisotopic (exact) mass is 501 g/mol. The highest BCUT2D eigenvalue weighted by Gasteiger charge is 2.22. The highest BCUT2D eigenvalue weighted by atomic mass is 19.3. The van der Waals surface area contributed by atoms with E-state index in [9.17, 15) is 13.6 Å². The molecular formula is C24H25F2N5O5. The van der Waals surface area contributed by atoms with Crippen molar-refractivity contribution in [1.82, 2.24) is 24.1 Å². The lowest BCUT2D eigenvalue weighted by Gasteiger charge is -2.12. The molecule has 0 unspecified atom stereocenters. The molecule has 0 saturated heterocycles. The van der Waals surface area contributed by atoms with E-state index in [4.69, 9.17) is 19.3 Å². The number of hydrogen-bond donors (Lipinski definition) is 1. The van der Waals surface area contributed by atoms with Crippen LogP contribution in [0.4, 0.5) is 8.78 Å². The molecule has 36 heavy (non-hydrogen) atoms. The molecule has 4 rings (SSSR count). The number of carbonyl (C=O) groups excluding carboxylic acids is 1. The smallest absolute Gasteiger partial charge is 0.338 e. The maximum Gasteiger partial charge on any atom is 0.338 e. The van der Waals surface area contributed by atoms with Gasteiger partial charge in [-0.1, -0.05) is 6.92 Å². The van der Waals surface area contributed by atoms with Gasteiger partial charge in [-0.15, -0.1) is 0 Å². The fourth-order valence-electron chi connectivity index (χ4n) is 3.71. The summed E-state index contributed by atoms with van der Waals surface area (Å²) in [4.78, 5) is 21.1. The Morgan fingerprint density at radius 2 is 2.03 bits per heavy atom. The minimum atomic E-state index is -2.74. The Morgan fingerprint density at radius 3 is 2.78 bits per heavy atom. The number of benzene rings is 1. The summed E-state index contributed by atoms with van der Waals surface area (Å²) >= 11 is 0. The van der Waals surface area contributed by atoms with Crippen molar-refractivity contribution >= 4 is 11.6 Å². The second-order valence-corrected chi connectivity index (χ2v) is 7.72. The number of carbonyl (C=O) groups is 1. The SMILES string of the molecule is CCc1cc(Oc2nccn3c(-c4cn(C)nc4C(F)F)cnc23)ccc1C(=O)OCCOCCO. The summed E-state index contributed by atoms with van der Waals surface area (Å²) < 4.78 is 46.2. The van der Waals surface area contributed by atoms with Crippen LogP contribution in [-0.4, -0.2) is 61.7 Å². The fraction of sp³-hybridized carbons (Fsp3) is 0.333. The molecule has 0 spiro atoms. The van der Waals surface area contributed by atoms with Gasteiger partial charge in [0.25, 0.3) is 12.3 Å². The summed E-state index contributed by atoms with van der Waals surface area (Å²) in [6.45, 7) is 2.23. The fourth-order valence-corrected chi connectivity index (χ4v) is 3.71. The van der Waals surface area contributed by atoms with Crippen LogP contribution < -0.4 is 4.74 Å². The zero-order valence-corrected chi connectivity index (χ0v) is 19.7. The van der Waals surface area contributed by atoms with Crippen molar-refractivity contribution in [2.45, 2.75) is 19.8 Å². The van der Waals surface area contributed by atoms with Crippen molar-refractivity contribution in [1.29, 1.82) is 0 Å². The first-order chi connectivity index (χ1) is 17.4. The number of aliphatic hydroxyl groups excluding tert-OH is 1. The number of aliphatic hydroxyl groups is 1. The minimum absolute atomic E-state index is 0.0680. The summed E-state index contributed by atoms with van der Waals surface area (Å²) in [7, 11) is 1.57. The number of imidazole rings is 1. The van der Waals surface area contributed by atoms with Gasteiger partial charge < -0.3 is 19.3 Å². The number of rotatable bonds is 11. The summed E-state index contributed by atoms with van der Waals surface area (Å²) in [6.07, 6.45) is 3.87. The predicted octanol–water partition coefficient (Wildman–Crippen LogP) is 3.59. The number of ether oxygens (including phenoxy) is 3. The lowest BCUT2D eigenvalue weighted by atomic mass is 10.1. The van der Waals surface area contributed by atoms with Gasteiger partial charge >= 0.3 is 5.97 Å². The van der Waals surface area contributed by atoms with E-state index in [0.29, 0.717) is 34.6 Å². The molecule has 10 nitrogen and oxygen atoms in total. The zero-order valence-electron chi connectivity index (χ0n) is 19.7. The number of hydrogen-bond acceptors (Lipinski definition) is 8. The Kier molecular flexibility index (Phi) is 7.86. The third-order valence-electron chi connectivity index (χ3n) is 5.32. The van der Waals surface area contributed by atoms with Gasteiger partial charge in [-0.05, 0) is 30.2 Å². The molecule has 1 aromatic carbocycles. The molecule has 190 valence electrons. The van der Waals surface area contributed by atoms with Crippen LogP contribution in [0.2, 0.25) is 0 Å². The molecule has 0 atom stereocenters. The standard InChI is InChI=1S/C24H25F2N5O5/c1-3-15-12-16(4-5-17(15)24(33)35-11-10-34-9-8-32)36-23-22-28-13-19(31(22)7-6-27-23)18-14-30(2)29-20(18)21(25)26/h4-7,12-14,21,32H,3,8-11H2,1-2H3. The van der Waals surface area contributed by atoms with Crippen molar-refractivity contribution in [3.8, 4) is 22.9 Å². The van der Waals surface area contributed by atoms with Gasteiger partial charge in [-0.25, -0.2) is 23.5 Å². The van der Waals surface area contributed by atoms with Crippen LogP contribution in [0.3, 0.4) is 0 Å². The van der Waals surface area contributed by atoms with E-state index in [2.05, 4.69) is 15.1 Å². The van der Waals surface area contributed by atoms with Gasteiger partial charge in [-0.3, -0.25) is 9.08 Å². The van der Waals surface area contributed by atoms with Crippen molar-refractivity contribution in [2.75, 3.05) is 26.4 Å². The number of aryl methyl sites for hydroxylation is 2. The van der Waals surface area contributed by atoms with Gasteiger partial charge in [0.1, 0.15) is 18.1 Å². The highest BCUT2D eigenvalue weighted by molar-refractivity contribution is 5.91. The second kappa shape index (κ2) is 11.2. The minimum Gasteiger partial charge on any atom is -0.460 e. The maximum absolute atomic E-state index is 13.5. The Labute approximate surface area is 205 Å². The Hall–Kier alpha value is -3.90. The maximum atomic E-state index is 13.5. The van der Waals surface area contributed by atoms with Crippen molar-refractivity contribution in [3.05, 3.63) is 59.8 Å². The zero-order chi connectivity index (χ0) is 25.7. The first-order valence-electron chi connectivity index (χ1n) is 11.2. The number of esters is 1. The van der Waals surface area contributed by atoms with E-state index in [1.165, 1.54) is 23.3 Å². The summed E-state index contributed by atoms with van der Waals surface area (Å²) in [5.41, 5.74) is 1.79. The first-order valence-corrected chi connectivity index (χ1v) is 11.2. The van der Waals surface area contributed by atoms with Crippen LogP contribution in [0.5, 0.6) is 11.6 Å². The molecular weight excluding hydrogens is 476 g/mol. The van der Waals surface area contributed by atoms with E-state index in [1.807, 2.05) is 6.92 Å². The quantitative estimate of drug-likeness (QED) is 0.245. The molecule has 1 N–H and O–H groups in total. The molecule has 4 aromatic rings. The molecule has 0 amide bonds. The van der Waals surface area contributed by atoms with Crippen molar-refractivity contribution in [3.63, 3.8) is 0 Å². The predicted molar refractivity (Wildman–Crippen MR) is 124 cm³/mol. The molecule has 0 aliphatic heterocycles. The van der Waals surface area contributed by atoms with Crippen LogP contribution in [0, 0.1) is 0 Å². The van der Waals surface area contributed by atoms with Gasteiger partial charge in [0, 0.05) is 31.2 Å². The Morgan fingerprint density at radius 1 is 1.19 bits per heavy atom. The topological polar surface area (TPSA) is 113 Å². The lowest BCUT2D eigenvalue weighted by molar-refractivity contribution is 0.0257. The van der Waals surface area contributed by atoms with Crippen LogP contribution in [-0.2, 0) is 22.9 Å². The molecule has 0 aliphatic carbocycles. The van der Waals surface area contributed by atoms with Crippen molar-refractivity contribution in [2.24, 2.45) is 7.05 Å². The van der Waals surface area contributed by atoms with Crippen LogP contribution in [0.25, 0.3) is 16.9 Å². The van der Waals surface area contributed by atoms with E-state index < -0.39 is 12.4 Å². The average molecular weight is 501 g/mol. The highest BCUT2D eigenvalue weighted by Crippen LogP contribution is 2.33. The third kappa shape index (κ3) is 5.34. The largest absolute Gasteiger partial charge is 0.460 e. The number of aromatic nitrogens is 5. The molecule has 0 saturated carbocycles. The number of alkyl halides is 2. The molecule has 0 radical (unpaired) electrons. The van der Waals surface area contributed by atoms with Crippen molar-refractivity contribution < 1.29 is 32.9 Å². The molecule has 12 heteroatoms.